The molecule has 152 valence electrons. The molecule has 0 aliphatic rings. The summed E-state index contributed by atoms with van der Waals surface area (Å²) in [5.41, 5.74) is -1.00. The van der Waals surface area contributed by atoms with E-state index >= 15 is 0 Å². The van der Waals surface area contributed by atoms with Gasteiger partial charge in [0.15, 0.2) is 11.3 Å². The third kappa shape index (κ3) is 4.82. The minimum absolute atomic E-state index is 0.0504. The van der Waals surface area contributed by atoms with Crippen molar-refractivity contribution in [3.8, 4) is 29.4 Å². The first-order chi connectivity index (χ1) is 14.3. The van der Waals surface area contributed by atoms with Gasteiger partial charge in [-0.05, 0) is 18.2 Å². The summed E-state index contributed by atoms with van der Waals surface area (Å²) in [5, 5.41) is 40.7. The van der Waals surface area contributed by atoms with E-state index in [0.717, 1.165) is 24.1 Å². The fraction of sp³-hybridized carbons (Fsp3) is 0.150. The average Bonchev–Trinajstić information content (AvgIpc) is 2.74. The van der Waals surface area contributed by atoms with Gasteiger partial charge < -0.3 is 19.8 Å². The minimum atomic E-state index is -0.886. The van der Waals surface area contributed by atoms with E-state index in [1.807, 2.05) is 0 Å². The van der Waals surface area contributed by atoms with Crippen molar-refractivity contribution in [3.05, 3.63) is 63.5 Å². The lowest BCUT2D eigenvalue weighted by Crippen LogP contribution is -2.28. The van der Waals surface area contributed by atoms with Gasteiger partial charge in [-0.2, -0.15) is 5.26 Å². The third-order valence-corrected chi connectivity index (χ3v) is 3.86. The Balaban J connectivity index is 2.36. The zero-order chi connectivity index (χ0) is 22.3. The predicted octanol–water partition coefficient (Wildman–Crippen LogP) is 2.01. The van der Waals surface area contributed by atoms with Crippen LogP contribution in [0.4, 0.5) is 5.69 Å². The number of carbonyl (C=O) groups excluding carboxylic acids is 1. The molecular weight excluding hydrogens is 392 g/mol. The molecule has 0 saturated heterocycles. The highest BCUT2D eigenvalue weighted by Crippen LogP contribution is 2.38. The highest BCUT2D eigenvalue weighted by molar-refractivity contribution is 6.03. The number of nitrogens with zero attached hydrogens (tertiary/aromatic N) is 4. The Morgan fingerprint density at radius 3 is 2.73 bits per heavy atom. The Hall–Kier alpha value is -4.57. The molecule has 0 spiro atoms. The van der Waals surface area contributed by atoms with Gasteiger partial charge in [-0.25, -0.2) is 0 Å². The van der Waals surface area contributed by atoms with Crippen LogP contribution in [0.25, 0.3) is 5.76 Å². The lowest BCUT2D eigenvalue weighted by atomic mass is 10.1. The molecule has 0 aliphatic heterocycles. The smallest absolute Gasteiger partial charge is 0.315 e. The Labute approximate surface area is 171 Å². The molecule has 1 aromatic heterocycles. The number of nitriles is 1. The molecule has 0 aliphatic carbocycles. The van der Waals surface area contributed by atoms with Crippen LogP contribution in [0, 0.1) is 33.3 Å². The van der Waals surface area contributed by atoms with Gasteiger partial charge in [0.25, 0.3) is 5.91 Å². The van der Waals surface area contributed by atoms with Gasteiger partial charge >= 0.3 is 5.69 Å². The third-order valence-electron chi connectivity index (χ3n) is 3.86. The number of aromatic nitrogens is 1. The van der Waals surface area contributed by atoms with Crippen LogP contribution < -0.4 is 4.74 Å². The summed E-state index contributed by atoms with van der Waals surface area (Å²) >= 11 is 0. The van der Waals surface area contributed by atoms with Crippen LogP contribution in [0.3, 0.4) is 0 Å². The summed E-state index contributed by atoms with van der Waals surface area (Å²) in [6, 6.07) is 6.95. The first-order valence-corrected chi connectivity index (χ1v) is 8.33. The number of rotatable bonds is 5. The SMILES string of the molecule is COc1cc(/C(O)=C(\C#N)C(=O)N(C)CC#Cc2cccnc2)cc([N+](=O)[O-])c1O. The molecule has 0 unspecified atom stereocenters. The molecule has 2 rings (SSSR count). The summed E-state index contributed by atoms with van der Waals surface area (Å²) < 4.78 is 4.85. The summed E-state index contributed by atoms with van der Waals surface area (Å²) in [5.74, 6) is 2.87. The van der Waals surface area contributed by atoms with Crippen molar-refractivity contribution in [1.29, 1.82) is 5.26 Å². The highest BCUT2D eigenvalue weighted by Gasteiger charge is 2.25. The summed E-state index contributed by atoms with van der Waals surface area (Å²) in [6.45, 7) is -0.0504. The van der Waals surface area contributed by atoms with Crippen molar-refractivity contribution in [1.82, 2.24) is 9.88 Å². The number of pyridine rings is 1. The van der Waals surface area contributed by atoms with E-state index in [2.05, 4.69) is 16.8 Å². The van der Waals surface area contributed by atoms with E-state index in [9.17, 15) is 30.4 Å². The number of phenols is 1. The zero-order valence-electron chi connectivity index (χ0n) is 16.0. The number of aromatic hydroxyl groups is 1. The molecule has 10 nitrogen and oxygen atoms in total. The number of hydrogen-bond acceptors (Lipinski definition) is 8. The Bertz CT molecular complexity index is 1110. The van der Waals surface area contributed by atoms with Crippen molar-refractivity contribution < 1.29 is 24.7 Å². The largest absolute Gasteiger partial charge is 0.506 e. The number of benzene rings is 1. The van der Waals surface area contributed by atoms with Crippen LogP contribution in [0.5, 0.6) is 11.5 Å². The number of nitro benzene ring substituents is 1. The second-order valence-electron chi connectivity index (χ2n) is 5.84. The monoisotopic (exact) mass is 408 g/mol. The number of aliphatic hydroxyl groups is 1. The number of likely N-dealkylation sites (N-methyl/N-ethyl adjacent to an activating group) is 1. The Kier molecular flexibility index (Phi) is 6.93. The molecule has 1 amide bonds. The molecular formula is C20H16N4O6. The number of nitro groups is 1. The molecule has 1 aromatic carbocycles. The lowest BCUT2D eigenvalue weighted by Gasteiger charge is -2.14. The fourth-order valence-corrected chi connectivity index (χ4v) is 2.33. The van der Waals surface area contributed by atoms with Gasteiger partial charge in [0, 0.05) is 36.6 Å². The quantitative estimate of drug-likeness (QED) is 0.190. The van der Waals surface area contributed by atoms with Crippen LogP contribution >= 0.6 is 0 Å². The van der Waals surface area contributed by atoms with E-state index in [1.165, 1.54) is 7.05 Å². The Morgan fingerprint density at radius 2 is 2.17 bits per heavy atom. The summed E-state index contributed by atoms with van der Waals surface area (Å²) in [4.78, 5) is 27.8. The number of aliphatic hydroxyl groups excluding tert-OH is 1. The van der Waals surface area contributed by atoms with E-state index < -0.39 is 33.6 Å². The van der Waals surface area contributed by atoms with Crippen LogP contribution in [0.1, 0.15) is 11.1 Å². The molecule has 0 saturated carbocycles. The molecule has 0 atom stereocenters. The number of amides is 1. The molecule has 10 heteroatoms. The second-order valence-corrected chi connectivity index (χ2v) is 5.84. The van der Waals surface area contributed by atoms with Crippen molar-refractivity contribution in [2.45, 2.75) is 0 Å². The number of hydrogen-bond donors (Lipinski definition) is 2. The lowest BCUT2D eigenvalue weighted by molar-refractivity contribution is -0.386. The summed E-state index contributed by atoms with van der Waals surface area (Å²) in [7, 11) is 2.54. The van der Waals surface area contributed by atoms with Crippen LogP contribution in [0.2, 0.25) is 0 Å². The maximum atomic E-state index is 12.6. The highest BCUT2D eigenvalue weighted by atomic mass is 16.6. The minimum Gasteiger partial charge on any atom is -0.506 e. The molecule has 0 radical (unpaired) electrons. The van der Waals surface area contributed by atoms with Crippen LogP contribution in [-0.4, -0.2) is 51.6 Å². The average molecular weight is 408 g/mol. The van der Waals surface area contributed by atoms with Crippen LogP contribution in [-0.2, 0) is 4.79 Å². The van der Waals surface area contributed by atoms with Gasteiger partial charge in [-0.1, -0.05) is 11.8 Å². The molecule has 30 heavy (non-hydrogen) atoms. The van der Waals surface area contributed by atoms with Crippen molar-refractivity contribution in [2.24, 2.45) is 0 Å². The molecule has 2 N–H and O–H groups in total. The molecule has 2 aromatic rings. The topological polar surface area (TPSA) is 150 Å². The van der Waals surface area contributed by atoms with Crippen molar-refractivity contribution in [3.63, 3.8) is 0 Å². The molecule has 0 bridgehead atoms. The molecule has 0 fully saturated rings. The van der Waals surface area contributed by atoms with E-state index in [0.29, 0.717) is 5.56 Å². The van der Waals surface area contributed by atoms with E-state index in [-0.39, 0.29) is 17.9 Å². The van der Waals surface area contributed by atoms with Crippen molar-refractivity contribution in [2.75, 3.05) is 20.7 Å². The number of ether oxygens (including phenoxy) is 1. The van der Waals surface area contributed by atoms with E-state index in [1.54, 1.807) is 30.6 Å². The predicted molar refractivity (Wildman–Crippen MR) is 105 cm³/mol. The maximum absolute atomic E-state index is 12.6. The zero-order valence-corrected chi connectivity index (χ0v) is 16.0. The second kappa shape index (κ2) is 9.57. The van der Waals surface area contributed by atoms with Gasteiger partial charge in [0.1, 0.15) is 11.8 Å². The first kappa shape index (κ1) is 21.7. The standard InChI is InChI=1S/C20H16N4O6/c1-23(8-4-6-13-5-3-7-22-12-13)20(27)15(11-21)18(25)14-9-16(24(28)29)19(26)17(10-14)30-2/h3,5,7,9-10,12,25-26H,8H2,1-2H3/b18-15-. The van der Waals surface area contributed by atoms with Crippen molar-refractivity contribution >= 4 is 17.4 Å². The first-order valence-electron chi connectivity index (χ1n) is 8.33. The maximum Gasteiger partial charge on any atom is 0.315 e. The van der Waals surface area contributed by atoms with Gasteiger partial charge in [-0.15, -0.1) is 0 Å². The van der Waals surface area contributed by atoms with Gasteiger partial charge in [0.05, 0.1) is 18.6 Å². The van der Waals surface area contributed by atoms with Crippen LogP contribution in [0.15, 0.2) is 42.2 Å². The number of phenolic OH excluding ortho intramolecular Hbond substituents is 1. The normalized spacial score (nSPS) is 10.7. The number of methoxy groups -OCH3 is 1. The fourth-order valence-electron chi connectivity index (χ4n) is 2.33. The number of carbonyl (C=O) groups is 1. The van der Waals surface area contributed by atoms with Gasteiger partial charge in [-0.3, -0.25) is 19.9 Å². The Morgan fingerprint density at radius 1 is 1.43 bits per heavy atom. The molecule has 1 heterocycles. The van der Waals surface area contributed by atoms with Gasteiger partial charge in [0.2, 0.25) is 5.75 Å². The summed E-state index contributed by atoms with van der Waals surface area (Å²) in [6.07, 6.45) is 3.14. The van der Waals surface area contributed by atoms with E-state index in [4.69, 9.17) is 4.74 Å².